The molecule has 2 heteroatoms. The van der Waals surface area contributed by atoms with E-state index in [1.54, 1.807) is 0 Å². The van der Waals surface area contributed by atoms with Gasteiger partial charge in [0.1, 0.15) is 11.2 Å². The van der Waals surface area contributed by atoms with E-state index in [2.05, 4.69) is 110 Å². The minimum atomic E-state index is 0.0396. The molecule has 2 nitrogen and oxygen atoms in total. The highest BCUT2D eigenvalue weighted by molar-refractivity contribution is 6.09. The van der Waals surface area contributed by atoms with Gasteiger partial charge >= 0.3 is 0 Å². The van der Waals surface area contributed by atoms with Crippen LogP contribution in [0.4, 0.5) is 5.69 Å². The van der Waals surface area contributed by atoms with E-state index in [0.717, 1.165) is 45.2 Å². The zero-order valence-corrected chi connectivity index (χ0v) is 20.0. The van der Waals surface area contributed by atoms with Crippen LogP contribution in [-0.2, 0) is 5.41 Å². The number of allylic oxidation sites excluding steroid dienone is 2. The van der Waals surface area contributed by atoms with Gasteiger partial charge in [0.15, 0.2) is 0 Å². The molecule has 2 aliphatic rings. The normalized spacial score (nSPS) is 18.2. The zero-order chi connectivity index (χ0) is 23.6. The van der Waals surface area contributed by atoms with Gasteiger partial charge < -0.3 is 9.73 Å². The lowest BCUT2D eigenvalue weighted by molar-refractivity contribution is 0.650. The summed E-state index contributed by atoms with van der Waals surface area (Å²) in [5.41, 5.74) is 11.0. The predicted molar refractivity (Wildman–Crippen MR) is 147 cm³/mol. The maximum absolute atomic E-state index is 6.25. The number of para-hydroxylation sites is 2. The van der Waals surface area contributed by atoms with Gasteiger partial charge in [0.2, 0.25) is 0 Å². The molecule has 0 amide bonds. The Bertz CT molecular complexity index is 1660. The van der Waals surface area contributed by atoms with E-state index in [9.17, 15) is 0 Å². The molecule has 1 N–H and O–H groups in total. The largest absolute Gasteiger partial charge is 0.455 e. The number of benzene rings is 4. The van der Waals surface area contributed by atoms with Gasteiger partial charge in [-0.2, -0.15) is 0 Å². The third-order valence-electron chi connectivity index (χ3n) is 7.75. The minimum Gasteiger partial charge on any atom is -0.455 e. The van der Waals surface area contributed by atoms with Crippen molar-refractivity contribution in [3.05, 3.63) is 120 Å². The van der Waals surface area contributed by atoms with Crippen molar-refractivity contribution in [1.29, 1.82) is 0 Å². The lowest BCUT2D eigenvalue weighted by Gasteiger charge is -2.27. The second kappa shape index (κ2) is 7.48. The summed E-state index contributed by atoms with van der Waals surface area (Å²) < 4.78 is 6.25. The van der Waals surface area contributed by atoms with Crippen molar-refractivity contribution in [2.24, 2.45) is 0 Å². The Morgan fingerprint density at radius 2 is 1.51 bits per heavy atom. The Hall–Kier alpha value is -4.04. The zero-order valence-electron chi connectivity index (χ0n) is 20.0. The third-order valence-corrected chi connectivity index (χ3v) is 7.75. The van der Waals surface area contributed by atoms with Crippen LogP contribution in [0.2, 0.25) is 0 Å². The van der Waals surface area contributed by atoms with Crippen molar-refractivity contribution in [1.82, 2.24) is 0 Å². The maximum atomic E-state index is 6.25. The van der Waals surface area contributed by atoms with Crippen LogP contribution in [0.5, 0.6) is 0 Å². The molecule has 1 atom stereocenters. The average Bonchev–Trinajstić information content (AvgIpc) is 3.38. The van der Waals surface area contributed by atoms with Crippen LogP contribution in [0.15, 0.2) is 113 Å². The van der Waals surface area contributed by atoms with Crippen LogP contribution in [-0.4, -0.2) is 6.04 Å². The maximum Gasteiger partial charge on any atom is 0.143 e. The summed E-state index contributed by atoms with van der Waals surface area (Å²) in [5, 5.41) is 6.08. The van der Waals surface area contributed by atoms with Gasteiger partial charge in [0, 0.05) is 33.5 Å². The smallest absolute Gasteiger partial charge is 0.143 e. The van der Waals surface area contributed by atoms with Crippen molar-refractivity contribution in [3.63, 3.8) is 0 Å². The molecule has 35 heavy (non-hydrogen) atoms. The number of fused-ring (bicyclic) bond motifs is 6. The molecule has 2 aliphatic carbocycles. The fourth-order valence-electron chi connectivity index (χ4n) is 5.96. The molecule has 0 radical (unpaired) electrons. The monoisotopic (exact) mass is 453 g/mol. The highest BCUT2D eigenvalue weighted by atomic mass is 16.3. The van der Waals surface area contributed by atoms with Crippen LogP contribution < -0.4 is 5.32 Å². The predicted octanol–water partition coefficient (Wildman–Crippen LogP) is 8.74. The summed E-state index contributed by atoms with van der Waals surface area (Å²) in [4.78, 5) is 0. The molecule has 0 saturated carbocycles. The first-order valence-corrected chi connectivity index (χ1v) is 12.4. The molecule has 7 rings (SSSR count). The Morgan fingerprint density at radius 3 is 2.40 bits per heavy atom. The summed E-state index contributed by atoms with van der Waals surface area (Å²) in [6, 6.07) is 32.5. The van der Waals surface area contributed by atoms with E-state index in [4.69, 9.17) is 4.42 Å². The van der Waals surface area contributed by atoms with Gasteiger partial charge in [-0.05, 0) is 52.5 Å². The second-order valence-corrected chi connectivity index (χ2v) is 10.2. The quantitative estimate of drug-likeness (QED) is 0.295. The van der Waals surface area contributed by atoms with Gasteiger partial charge in [-0.3, -0.25) is 0 Å². The minimum absolute atomic E-state index is 0.0396. The molecule has 0 aliphatic heterocycles. The second-order valence-electron chi connectivity index (χ2n) is 10.2. The highest BCUT2D eigenvalue weighted by Crippen LogP contribution is 2.51. The van der Waals surface area contributed by atoms with E-state index in [1.807, 2.05) is 12.1 Å². The lowest BCUT2D eigenvalue weighted by atomic mass is 9.79. The molecule has 0 bridgehead atoms. The number of nitrogens with one attached hydrogen (secondary N) is 1. The molecule has 170 valence electrons. The van der Waals surface area contributed by atoms with E-state index >= 15 is 0 Å². The summed E-state index contributed by atoms with van der Waals surface area (Å²) in [7, 11) is 0. The van der Waals surface area contributed by atoms with Crippen molar-refractivity contribution < 1.29 is 4.42 Å². The average molecular weight is 454 g/mol. The summed E-state index contributed by atoms with van der Waals surface area (Å²) in [6.07, 6.45) is 5.85. The molecule has 0 spiro atoms. The Balaban J connectivity index is 1.17. The summed E-state index contributed by atoms with van der Waals surface area (Å²) in [5.74, 6) is 0. The van der Waals surface area contributed by atoms with Crippen LogP contribution in [0, 0.1) is 0 Å². The Morgan fingerprint density at radius 1 is 0.771 bits per heavy atom. The van der Waals surface area contributed by atoms with Crippen LogP contribution in [0.3, 0.4) is 0 Å². The van der Waals surface area contributed by atoms with Gasteiger partial charge in [0.25, 0.3) is 0 Å². The Kier molecular flexibility index (Phi) is 4.35. The summed E-state index contributed by atoms with van der Waals surface area (Å²) >= 11 is 0. The van der Waals surface area contributed by atoms with E-state index < -0.39 is 0 Å². The first kappa shape index (κ1) is 20.3. The number of hydrogen-bond acceptors (Lipinski definition) is 2. The fourth-order valence-corrected chi connectivity index (χ4v) is 5.96. The van der Waals surface area contributed by atoms with E-state index in [0.29, 0.717) is 0 Å². The number of furan rings is 1. The standard InChI is InChI=1S/C33H27NO/c1-33(2)29-12-5-3-8-25(29)26-19-18-23(20-30(26)33)34-22-16-14-21(15-17-22)24-10-7-11-28-27-9-4-6-13-31(27)35-32(24)28/h3-17,19-20,23,34H,18H2,1-2H3. The van der Waals surface area contributed by atoms with Gasteiger partial charge in [-0.25, -0.2) is 0 Å². The Labute approximate surface area is 205 Å². The molecule has 1 heterocycles. The van der Waals surface area contributed by atoms with Crippen LogP contribution in [0.25, 0.3) is 38.6 Å². The molecule has 0 saturated heterocycles. The molecule has 0 fully saturated rings. The van der Waals surface area contributed by atoms with Gasteiger partial charge in [-0.1, -0.05) is 98.8 Å². The van der Waals surface area contributed by atoms with E-state index in [-0.39, 0.29) is 11.5 Å². The van der Waals surface area contributed by atoms with Crippen LogP contribution >= 0.6 is 0 Å². The molecule has 4 aromatic carbocycles. The fraction of sp³-hybridized carbons (Fsp3) is 0.152. The van der Waals surface area contributed by atoms with Gasteiger partial charge in [-0.15, -0.1) is 0 Å². The van der Waals surface area contributed by atoms with Gasteiger partial charge in [0.05, 0.1) is 0 Å². The first-order valence-electron chi connectivity index (χ1n) is 12.4. The molecular formula is C33H27NO. The van der Waals surface area contributed by atoms with E-state index in [1.165, 1.54) is 22.3 Å². The van der Waals surface area contributed by atoms with Crippen molar-refractivity contribution in [2.45, 2.75) is 31.7 Å². The topological polar surface area (TPSA) is 25.2 Å². The SMILES string of the molecule is CC1(C)C2=CC(Nc3ccc(-c4cccc5c4oc4ccccc45)cc3)CC=C2c2ccccc21. The first-order chi connectivity index (χ1) is 17.1. The number of hydrogen-bond donors (Lipinski definition) is 1. The number of anilines is 1. The van der Waals surface area contributed by atoms with Crippen LogP contribution in [0.1, 0.15) is 31.4 Å². The molecule has 5 aromatic rings. The molecule has 1 aromatic heterocycles. The van der Waals surface area contributed by atoms with Crippen molar-refractivity contribution in [2.75, 3.05) is 5.32 Å². The lowest BCUT2D eigenvalue weighted by Crippen LogP contribution is -2.23. The molecule has 1 unspecified atom stereocenters. The van der Waals surface area contributed by atoms with Crippen molar-refractivity contribution in [3.8, 4) is 11.1 Å². The van der Waals surface area contributed by atoms with Crippen molar-refractivity contribution >= 4 is 33.2 Å². The molecular weight excluding hydrogens is 426 g/mol. The summed E-state index contributed by atoms with van der Waals surface area (Å²) in [6.45, 7) is 4.68. The number of rotatable bonds is 3. The third kappa shape index (κ3) is 3.10. The highest BCUT2D eigenvalue weighted by Gasteiger charge is 2.39.